The zero-order chi connectivity index (χ0) is 20.9. The first kappa shape index (κ1) is 21.0. The van der Waals surface area contributed by atoms with Gasteiger partial charge in [-0.1, -0.05) is 12.1 Å². The number of rotatable bonds is 7. The quantitative estimate of drug-likeness (QED) is 0.747. The average Bonchev–Trinajstić information content (AvgIpc) is 2.72. The van der Waals surface area contributed by atoms with E-state index in [0.29, 0.717) is 35.7 Å². The molecule has 7 nitrogen and oxygen atoms in total. The highest BCUT2D eigenvalue weighted by atomic mass is 32.2. The van der Waals surface area contributed by atoms with E-state index >= 15 is 0 Å². The lowest BCUT2D eigenvalue weighted by atomic mass is 10.1. The molecule has 0 spiro atoms. The molecule has 1 aliphatic heterocycles. The second-order valence-electron chi connectivity index (χ2n) is 6.98. The Morgan fingerprint density at radius 1 is 1.10 bits per heavy atom. The van der Waals surface area contributed by atoms with Gasteiger partial charge in [0.05, 0.1) is 24.6 Å². The molecule has 0 bridgehead atoms. The summed E-state index contributed by atoms with van der Waals surface area (Å²) in [6, 6.07) is 13.7. The summed E-state index contributed by atoms with van der Waals surface area (Å²) in [5, 5.41) is 2.88. The molecule has 29 heavy (non-hydrogen) atoms. The maximum Gasteiger partial charge on any atom is 0.251 e. The maximum atomic E-state index is 12.5. The number of methoxy groups -OCH3 is 1. The second kappa shape index (κ2) is 9.17. The van der Waals surface area contributed by atoms with Crippen molar-refractivity contribution in [2.24, 2.45) is 0 Å². The fraction of sp³-hybridized carbons (Fsp3) is 0.381. The van der Waals surface area contributed by atoms with E-state index in [9.17, 15) is 13.2 Å². The predicted octanol–water partition coefficient (Wildman–Crippen LogP) is 2.82. The summed E-state index contributed by atoms with van der Waals surface area (Å²) in [6.07, 6.45) is 1.53. The van der Waals surface area contributed by atoms with Crippen molar-refractivity contribution in [3.05, 3.63) is 54.1 Å². The highest BCUT2D eigenvalue weighted by Gasteiger charge is 2.26. The lowest BCUT2D eigenvalue weighted by Gasteiger charge is -2.28. The summed E-state index contributed by atoms with van der Waals surface area (Å²) in [5.74, 6) is 1.17. The van der Waals surface area contributed by atoms with Gasteiger partial charge in [-0.05, 0) is 56.2 Å². The number of benzene rings is 2. The van der Waals surface area contributed by atoms with Crippen LogP contribution in [0.2, 0.25) is 0 Å². The average molecular weight is 419 g/mol. The van der Waals surface area contributed by atoms with Gasteiger partial charge in [-0.25, -0.2) is 8.42 Å². The maximum absolute atomic E-state index is 12.5. The number of anilines is 1. The fourth-order valence-corrected chi connectivity index (χ4v) is 4.80. The SMILES string of the molecule is COc1ccccc1OCC(C)NC(=O)c1ccc(N2CCCCS2(=O)=O)cc1. The van der Waals surface area contributed by atoms with Gasteiger partial charge in [-0.2, -0.15) is 0 Å². The van der Waals surface area contributed by atoms with Crippen LogP contribution in [0.15, 0.2) is 48.5 Å². The minimum atomic E-state index is -3.26. The first-order valence-electron chi connectivity index (χ1n) is 9.58. The van der Waals surface area contributed by atoms with E-state index in [-0.39, 0.29) is 24.3 Å². The van der Waals surface area contributed by atoms with E-state index in [1.54, 1.807) is 37.4 Å². The summed E-state index contributed by atoms with van der Waals surface area (Å²) < 4.78 is 36.8. The molecule has 1 heterocycles. The van der Waals surface area contributed by atoms with Gasteiger partial charge in [0.15, 0.2) is 11.5 Å². The van der Waals surface area contributed by atoms with Crippen molar-refractivity contribution >= 4 is 21.6 Å². The van der Waals surface area contributed by atoms with Gasteiger partial charge >= 0.3 is 0 Å². The highest BCUT2D eigenvalue weighted by Crippen LogP contribution is 2.26. The molecule has 1 aliphatic rings. The largest absolute Gasteiger partial charge is 0.493 e. The molecule has 0 saturated carbocycles. The monoisotopic (exact) mass is 418 g/mol. The molecule has 1 unspecified atom stereocenters. The van der Waals surface area contributed by atoms with E-state index in [2.05, 4.69) is 5.32 Å². The van der Waals surface area contributed by atoms with Crippen LogP contribution in [0.5, 0.6) is 11.5 Å². The molecular formula is C21H26N2O5S. The third-order valence-corrected chi connectivity index (χ3v) is 6.57. The molecule has 1 saturated heterocycles. The number of hydrogen-bond acceptors (Lipinski definition) is 5. The van der Waals surface area contributed by atoms with Crippen molar-refractivity contribution in [3.63, 3.8) is 0 Å². The Labute approximate surface area is 171 Å². The van der Waals surface area contributed by atoms with Crippen LogP contribution >= 0.6 is 0 Å². The lowest BCUT2D eigenvalue weighted by molar-refractivity contribution is 0.0926. The lowest BCUT2D eigenvalue weighted by Crippen LogP contribution is -2.38. The van der Waals surface area contributed by atoms with Gasteiger partial charge in [-0.15, -0.1) is 0 Å². The van der Waals surface area contributed by atoms with Gasteiger partial charge in [0, 0.05) is 12.1 Å². The van der Waals surface area contributed by atoms with Crippen molar-refractivity contribution in [2.75, 3.05) is 30.3 Å². The molecule has 1 atom stereocenters. The number of ether oxygens (including phenoxy) is 2. The number of para-hydroxylation sites is 2. The number of amides is 1. The van der Waals surface area contributed by atoms with Crippen molar-refractivity contribution in [3.8, 4) is 11.5 Å². The number of carbonyl (C=O) groups is 1. The number of sulfonamides is 1. The minimum Gasteiger partial charge on any atom is -0.493 e. The Bertz CT molecular complexity index is 944. The number of hydrogen-bond donors (Lipinski definition) is 1. The third kappa shape index (κ3) is 5.20. The number of nitrogens with zero attached hydrogens (tertiary/aromatic N) is 1. The third-order valence-electron chi connectivity index (χ3n) is 4.70. The molecule has 2 aromatic rings. The molecule has 1 amide bonds. The molecule has 1 fully saturated rings. The van der Waals surface area contributed by atoms with Crippen molar-refractivity contribution in [1.82, 2.24) is 5.32 Å². The molecule has 1 N–H and O–H groups in total. The smallest absolute Gasteiger partial charge is 0.251 e. The van der Waals surface area contributed by atoms with E-state index in [1.807, 2.05) is 25.1 Å². The van der Waals surface area contributed by atoms with Gasteiger partial charge in [0.25, 0.3) is 5.91 Å². The number of carbonyl (C=O) groups excluding carboxylic acids is 1. The standard InChI is InChI=1S/C21H26N2O5S/c1-16(15-28-20-8-4-3-7-19(20)27-2)22-21(24)17-9-11-18(12-10-17)23-13-5-6-14-29(23,25)26/h3-4,7-12,16H,5-6,13-15H2,1-2H3,(H,22,24). The van der Waals surface area contributed by atoms with Crippen LogP contribution in [0.25, 0.3) is 0 Å². The van der Waals surface area contributed by atoms with Crippen LogP contribution in [0.4, 0.5) is 5.69 Å². The summed E-state index contributed by atoms with van der Waals surface area (Å²) in [7, 11) is -1.69. The number of nitrogens with one attached hydrogen (secondary N) is 1. The topological polar surface area (TPSA) is 84.9 Å². The van der Waals surface area contributed by atoms with Gasteiger partial charge < -0.3 is 14.8 Å². The van der Waals surface area contributed by atoms with Gasteiger partial charge in [0.2, 0.25) is 10.0 Å². The van der Waals surface area contributed by atoms with Crippen LogP contribution in [-0.2, 0) is 10.0 Å². The zero-order valence-electron chi connectivity index (χ0n) is 16.6. The minimum absolute atomic E-state index is 0.166. The summed E-state index contributed by atoms with van der Waals surface area (Å²) >= 11 is 0. The second-order valence-corrected chi connectivity index (χ2v) is 8.99. The molecule has 0 aliphatic carbocycles. The van der Waals surface area contributed by atoms with E-state index in [4.69, 9.17) is 9.47 Å². The van der Waals surface area contributed by atoms with Crippen molar-refractivity contribution < 1.29 is 22.7 Å². The van der Waals surface area contributed by atoms with Crippen LogP contribution in [0, 0.1) is 0 Å². The molecule has 156 valence electrons. The van der Waals surface area contributed by atoms with E-state index < -0.39 is 10.0 Å². The summed E-state index contributed by atoms with van der Waals surface area (Å²) in [6.45, 7) is 2.61. The Morgan fingerprint density at radius 3 is 2.45 bits per heavy atom. The first-order chi connectivity index (χ1) is 13.9. The molecule has 0 aromatic heterocycles. The van der Waals surface area contributed by atoms with Crippen LogP contribution in [0.1, 0.15) is 30.1 Å². The Balaban J connectivity index is 1.57. The van der Waals surface area contributed by atoms with Crippen molar-refractivity contribution in [2.45, 2.75) is 25.8 Å². The Kier molecular flexibility index (Phi) is 6.64. The zero-order valence-corrected chi connectivity index (χ0v) is 17.4. The van der Waals surface area contributed by atoms with Crippen LogP contribution in [0.3, 0.4) is 0 Å². The predicted molar refractivity (Wildman–Crippen MR) is 112 cm³/mol. The van der Waals surface area contributed by atoms with Crippen molar-refractivity contribution in [1.29, 1.82) is 0 Å². The Morgan fingerprint density at radius 2 is 1.79 bits per heavy atom. The summed E-state index contributed by atoms with van der Waals surface area (Å²) in [5.41, 5.74) is 1.06. The van der Waals surface area contributed by atoms with Gasteiger partial charge in [0.1, 0.15) is 6.61 Å². The van der Waals surface area contributed by atoms with E-state index in [1.165, 1.54) is 4.31 Å². The molecule has 0 radical (unpaired) electrons. The normalized spacial score (nSPS) is 16.7. The summed E-state index contributed by atoms with van der Waals surface area (Å²) in [4.78, 5) is 12.5. The molecule has 2 aromatic carbocycles. The van der Waals surface area contributed by atoms with Crippen LogP contribution in [-0.4, -0.2) is 46.4 Å². The molecule has 8 heteroatoms. The molecule has 3 rings (SSSR count). The highest BCUT2D eigenvalue weighted by molar-refractivity contribution is 7.92. The van der Waals surface area contributed by atoms with Crippen LogP contribution < -0.4 is 19.1 Å². The Hall–Kier alpha value is -2.74. The molecular weight excluding hydrogens is 392 g/mol. The fourth-order valence-electron chi connectivity index (χ4n) is 3.16. The van der Waals surface area contributed by atoms with Gasteiger partial charge in [-0.3, -0.25) is 9.10 Å². The van der Waals surface area contributed by atoms with E-state index in [0.717, 1.165) is 6.42 Å². The first-order valence-corrected chi connectivity index (χ1v) is 11.2.